The lowest BCUT2D eigenvalue weighted by Crippen LogP contribution is -2.37. The van der Waals surface area contributed by atoms with Crippen molar-refractivity contribution in [2.75, 3.05) is 81.6 Å². The molecule has 17 heavy (non-hydrogen) atoms. The van der Waals surface area contributed by atoms with Crippen molar-refractivity contribution >= 4 is 0 Å². The van der Waals surface area contributed by atoms with E-state index in [-0.39, 0.29) is 7.43 Å². The molecule has 0 bridgehead atoms. The van der Waals surface area contributed by atoms with Gasteiger partial charge in [-0.25, -0.2) is 0 Å². The van der Waals surface area contributed by atoms with Gasteiger partial charge in [-0.3, -0.25) is 0 Å². The first-order valence-corrected chi connectivity index (χ1v) is 6.08. The zero-order chi connectivity index (χ0) is 12.6. The van der Waals surface area contributed by atoms with Crippen LogP contribution >= 0.6 is 0 Å². The molecule has 0 spiro atoms. The Morgan fingerprint density at radius 3 is 0.941 bits per heavy atom. The van der Waals surface area contributed by atoms with E-state index in [2.05, 4.69) is 61.9 Å². The lowest BCUT2D eigenvalue weighted by Gasteiger charge is -2.24. The third kappa shape index (κ3) is 13.8. The summed E-state index contributed by atoms with van der Waals surface area (Å²) in [7, 11) is 12.9. The topological polar surface area (TPSA) is 13.0 Å². The second kappa shape index (κ2) is 11.0. The molecule has 0 N–H and O–H groups in total. The van der Waals surface area contributed by atoms with E-state index in [0.29, 0.717) is 0 Å². The molecule has 0 aliphatic carbocycles. The van der Waals surface area contributed by atoms with E-state index in [0.717, 1.165) is 39.3 Å². The first-order valence-electron chi connectivity index (χ1n) is 6.08. The molecule has 0 aromatic carbocycles. The van der Waals surface area contributed by atoms with Gasteiger partial charge in [0.05, 0.1) is 0 Å². The van der Waals surface area contributed by atoms with Gasteiger partial charge in [0, 0.05) is 39.3 Å². The molecule has 0 unspecified atom stereocenters. The van der Waals surface area contributed by atoms with Gasteiger partial charge in [-0.1, -0.05) is 7.43 Å². The Labute approximate surface area is 109 Å². The Kier molecular flexibility index (Phi) is 12.4. The van der Waals surface area contributed by atoms with Gasteiger partial charge in [0.2, 0.25) is 0 Å². The molecule has 0 fully saturated rings. The van der Waals surface area contributed by atoms with E-state index in [1.807, 2.05) is 0 Å². The molecule has 0 saturated carbocycles. The smallest absolute Gasteiger partial charge is 0.0107 e. The molecule has 4 heteroatoms. The van der Waals surface area contributed by atoms with Gasteiger partial charge in [-0.2, -0.15) is 0 Å². The second-order valence-corrected chi connectivity index (χ2v) is 5.21. The largest absolute Gasteiger partial charge is 0.308 e. The summed E-state index contributed by atoms with van der Waals surface area (Å²) >= 11 is 0. The number of rotatable bonds is 9. The zero-order valence-electron chi connectivity index (χ0n) is 12.0. The highest BCUT2D eigenvalue weighted by Crippen LogP contribution is 1.88. The van der Waals surface area contributed by atoms with Crippen molar-refractivity contribution in [3.05, 3.63) is 0 Å². The van der Waals surface area contributed by atoms with Crippen LogP contribution in [0.4, 0.5) is 0 Å². The van der Waals surface area contributed by atoms with Crippen molar-refractivity contribution in [2.45, 2.75) is 7.43 Å². The Hall–Kier alpha value is -0.160. The Bertz CT molecular complexity index is 141. The number of hydrogen-bond donors (Lipinski definition) is 0. The van der Waals surface area contributed by atoms with E-state index in [4.69, 9.17) is 0 Å². The Balaban J connectivity index is 0. The van der Waals surface area contributed by atoms with Crippen LogP contribution in [0, 0.1) is 0 Å². The number of nitrogens with zero attached hydrogens (tertiary/aromatic N) is 4. The monoisotopic (exact) mass is 246 g/mol. The van der Waals surface area contributed by atoms with Gasteiger partial charge in [-0.05, 0) is 42.3 Å². The SMILES string of the molecule is C.CN(C)CCN(C)CCN(C)CCN(C)C. The molecule has 0 rings (SSSR count). The molecule has 0 heterocycles. The minimum atomic E-state index is 0. The van der Waals surface area contributed by atoms with Crippen LogP contribution in [-0.2, 0) is 0 Å². The van der Waals surface area contributed by atoms with Crippen LogP contribution in [-0.4, -0.2) is 101 Å². The van der Waals surface area contributed by atoms with E-state index >= 15 is 0 Å². The van der Waals surface area contributed by atoms with Crippen molar-refractivity contribution in [3.8, 4) is 0 Å². The molecular weight excluding hydrogens is 212 g/mol. The van der Waals surface area contributed by atoms with Crippen LogP contribution in [0.3, 0.4) is 0 Å². The van der Waals surface area contributed by atoms with Crippen molar-refractivity contribution in [3.63, 3.8) is 0 Å². The predicted molar refractivity (Wildman–Crippen MR) is 78.8 cm³/mol. The quantitative estimate of drug-likeness (QED) is 0.591. The van der Waals surface area contributed by atoms with Crippen LogP contribution in [0.2, 0.25) is 0 Å². The Morgan fingerprint density at radius 1 is 0.471 bits per heavy atom. The fourth-order valence-electron chi connectivity index (χ4n) is 1.31. The number of likely N-dealkylation sites (N-methyl/N-ethyl adjacent to an activating group) is 4. The third-order valence-corrected chi connectivity index (χ3v) is 2.72. The van der Waals surface area contributed by atoms with Crippen LogP contribution in [0.25, 0.3) is 0 Å². The lowest BCUT2D eigenvalue weighted by molar-refractivity contribution is 0.225. The summed E-state index contributed by atoms with van der Waals surface area (Å²) in [6, 6.07) is 0. The van der Waals surface area contributed by atoms with Crippen molar-refractivity contribution in [1.29, 1.82) is 0 Å². The Morgan fingerprint density at radius 2 is 0.706 bits per heavy atom. The summed E-state index contributed by atoms with van der Waals surface area (Å²) in [5, 5.41) is 0. The zero-order valence-corrected chi connectivity index (χ0v) is 12.0. The molecule has 106 valence electrons. The molecule has 0 amide bonds. The first-order chi connectivity index (χ1) is 7.41. The molecule has 0 radical (unpaired) electrons. The van der Waals surface area contributed by atoms with Crippen LogP contribution in [0.15, 0.2) is 0 Å². The van der Waals surface area contributed by atoms with Gasteiger partial charge in [-0.15, -0.1) is 0 Å². The molecular formula is C13H34N4. The summed E-state index contributed by atoms with van der Waals surface area (Å²) in [5.41, 5.74) is 0. The highest BCUT2D eigenvalue weighted by Gasteiger charge is 2.02. The summed E-state index contributed by atoms with van der Waals surface area (Å²) < 4.78 is 0. The van der Waals surface area contributed by atoms with Crippen molar-refractivity contribution in [2.24, 2.45) is 0 Å². The average molecular weight is 246 g/mol. The number of hydrogen-bond acceptors (Lipinski definition) is 4. The van der Waals surface area contributed by atoms with Gasteiger partial charge in [0.1, 0.15) is 0 Å². The molecule has 0 aromatic rings. The van der Waals surface area contributed by atoms with Crippen LogP contribution < -0.4 is 0 Å². The predicted octanol–water partition coefficient (Wildman–Crippen LogP) is 0.609. The highest BCUT2D eigenvalue weighted by atomic mass is 15.2. The fourth-order valence-corrected chi connectivity index (χ4v) is 1.31. The van der Waals surface area contributed by atoms with E-state index in [1.54, 1.807) is 0 Å². The lowest BCUT2D eigenvalue weighted by atomic mass is 10.4. The van der Waals surface area contributed by atoms with Crippen molar-refractivity contribution in [1.82, 2.24) is 19.6 Å². The first kappa shape index (κ1) is 19.2. The van der Waals surface area contributed by atoms with E-state index in [1.165, 1.54) is 0 Å². The second-order valence-electron chi connectivity index (χ2n) is 5.21. The summed E-state index contributed by atoms with van der Waals surface area (Å²) in [6.07, 6.45) is 0. The van der Waals surface area contributed by atoms with E-state index in [9.17, 15) is 0 Å². The fraction of sp³-hybridized carbons (Fsp3) is 1.00. The third-order valence-electron chi connectivity index (χ3n) is 2.72. The summed E-state index contributed by atoms with van der Waals surface area (Å²) in [4.78, 5) is 9.25. The maximum Gasteiger partial charge on any atom is 0.0107 e. The average Bonchev–Trinajstić information content (AvgIpc) is 2.20. The molecule has 0 aliphatic rings. The van der Waals surface area contributed by atoms with Crippen LogP contribution in [0.5, 0.6) is 0 Å². The minimum Gasteiger partial charge on any atom is -0.308 e. The maximum absolute atomic E-state index is 2.40. The van der Waals surface area contributed by atoms with Gasteiger partial charge in [0.25, 0.3) is 0 Å². The maximum atomic E-state index is 2.40. The molecule has 4 nitrogen and oxygen atoms in total. The van der Waals surface area contributed by atoms with Gasteiger partial charge >= 0.3 is 0 Å². The normalized spacial score (nSPS) is 11.6. The summed E-state index contributed by atoms with van der Waals surface area (Å²) in [5.74, 6) is 0. The standard InChI is InChI=1S/C12H30N4.CH4/c1-13(2)7-9-15(5)11-12-16(6)10-8-14(3)4;/h7-12H2,1-6H3;1H4. The van der Waals surface area contributed by atoms with Crippen molar-refractivity contribution < 1.29 is 0 Å². The summed E-state index contributed by atoms with van der Waals surface area (Å²) in [6.45, 7) is 6.87. The van der Waals surface area contributed by atoms with Gasteiger partial charge in [0.15, 0.2) is 0 Å². The molecule has 0 atom stereocenters. The molecule has 0 saturated heterocycles. The van der Waals surface area contributed by atoms with E-state index < -0.39 is 0 Å². The van der Waals surface area contributed by atoms with Crippen LogP contribution in [0.1, 0.15) is 7.43 Å². The van der Waals surface area contributed by atoms with Gasteiger partial charge < -0.3 is 19.6 Å². The molecule has 0 aliphatic heterocycles. The highest BCUT2D eigenvalue weighted by molar-refractivity contribution is 4.59. The minimum absolute atomic E-state index is 0. The molecule has 0 aromatic heterocycles.